The van der Waals surface area contributed by atoms with Crippen molar-refractivity contribution in [2.75, 3.05) is 24.7 Å². The minimum absolute atomic E-state index is 0.153. The molecule has 0 aliphatic carbocycles. The van der Waals surface area contributed by atoms with Gasteiger partial charge in [-0.1, -0.05) is 6.07 Å². The maximum atomic E-state index is 12.4. The van der Waals surface area contributed by atoms with E-state index in [0.717, 1.165) is 10.7 Å². The molecule has 0 aliphatic heterocycles. The van der Waals surface area contributed by atoms with Gasteiger partial charge in [-0.2, -0.15) is 0 Å². The number of carbonyl (C=O) groups is 2. The van der Waals surface area contributed by atoms with Crippen LogP contribution in [-0.2, 0) is 11.3 Å². The van der Waals surface area contributed by atoms with Gasteiger partial charge in [0, 0.05) is 24.8 Å². The van der Waals surface area contributed by atoms with Crippen molar-refractivity contribution in [3.8, 4) is 0 Å². The second-order valence-electron chi connectivity index (χ2n) is 5.48. The molecule has 23 heavy (non-hydrogen) atoms. The van der Waals surface area contributed by atoms with E-state index in [-0.39, 0.29) is 11.8 Å². The van der Waals surface area contributed by atoms with Crippen molar-refractivity contribution in [3.63, 3.8) is 0 Å². The van der Waals surface area contributed by atoms with Crippen molar-refractivity contribution in [2.45, 2.75) is 20.4 Å². The van der Waals surface area contributed by atoms with Gasteiger partial charge in [0.2, 0.25) is 5.91 Å². The van der Waals surface area contributed by atoms with E-state index in [1.165, 1.54) is 18.3 Å². The fourth-order valence-electron chi connectivity index (χ4n) is 2.07. The van der Waals surface area contributed by atoms with Crippen molar-refractivity contribution in [2.24, 2.45) is 0 Å². The van der Waals surface area contributed by atoms with Crippen molar-refractivity contribution in [1.82, 2.24) is 9.88 Å². The number of hydrogen-bond acceptors (Lipinski definition) is 5. The van der Waals surface area contributed by atoms with E-state index in [1.807, 2.05) is 25.9 Å². The molecule has 6 nitrogen and oxygen atoms in total. The summed E-state index contributed by atoms with van der Waals surface area (Å²) in [6, 6.07) is 7.04. The molecule has 0 spiro atoms. The van der Waals surface area contributed by atoms with Crippen LogP contribution in [0, 0.1) is 6.92 Å². The minimum atomic E-state index is -0.190. The molecule has 2 N–H and O–H groups in total. The third-order valence-corrected chi connectivity index (χ3v) is 4.08. The van der Waals surface area contributed by atoms with Gasteiger partial charge >= 0.3 is 0 Å². The topological polar surface area (TPSA) is 74.3 Å². The molecular formula is C16H20N4O2S. The summed E-state index contributed by atoms with van der Waals surface area (Å²) in [5, 5.41) is 6.44. The summed E-state index contributed by atoms with van der Waals surface area (Å²) in [6.07, 6.45) is 0. The van der Waals surface area contributed by atoms with Crippen LogP contribution in [-0.4, -0.2) is 35.8 Å². The van der Waals surface area contributed by atoms with Crippen molar-refractivity contribution >= 4 is 34.5 Å². The van der Waals surface area contributed by atoms with Crippen molar-refractivity contribution < 1.29 is 9.59 Å². The molecule has 0 bridgehead atoms. The van der Waals surface area contributed by atoms with Crippen molar-refractivity contribution in [3.05, 3.63) is 39.8 Å². The summed E-state index contributed by atoms with van der Waals surface area (Å²) in [6.45, 7) is 3.98. The summed E-state index contributed by atoms with van der Waals surface area (Å²) in [4.78, 5) is 30.6. The molecule has 122 valence electrons. The molecule has 0 fully saturated rings. The molecular weight excluding hydrogens is 312 g/mol. The molecule has 0 aliphatic rings. The molecule has 1 aromatic carbocycles. The van der Waals surface area contributed by atoms with E-state index in [9.17, 15) is 9.59 Å². The number of benzene rings is 1. The zero-order valence-corrected chi connectivity index (χ0v) is 14.5. The average molecular weight is 332 g/mol. The minimum Gasteiger partial charge on any atom is -0.326 e. The zero-order valence-electron chi connectivity index (χ0n) is 13.6. The lowest BCUT2D eigenvalue weighted by molar-refractivity contribution is -0.114. The molecule has 2 rings (SSSR count). The van der Waals surface area contributed by atoms with Gasteiger partial charge in [0.1, 0.15) is 9.88 Å². The normalized spacial score (nSPS) is 10.7. The monoisotopic (exact) mass is 332 g/mol. The summed E-state index contributed by atoms with van der Waals surface area (Å²) in [5.74, 6) is -0.343. The highest BCUT2D eigenvalue weighted by Crippen LogP contribution is 2.22. The van der Waals surface area contributed by atoms with E-state index < -0.39 is 0 Å². The SMILES string of the molecule is CC(=O)Nc1cccc(NC(=O)c2sc(CN(C)C)nc2C)c1. The van der Waals surface area contributed by atoms with Gasteiger partial charge in [0.05, 0.1) is 5.69 Å². The Labute approximate surface area is 139 Å². The number of aryl methyl sites for hydroxylation is 1. The third-order valence-electron chi connectivity index (χ3n) is 2.94. The highest BCUT2D eigenvalue weighted by molar-refractivity contribution is 7.13. The quantitative estimate of drug-likeness (QED) is 0.883. The Bertz CT molecular complexity index is 725. The fourth-order valence-corrected chi connectivity index (χ4v) is 3.14. The lowest BCUT2D eigenvalue weighted by atomic mass is 10.2. The highest BCUT2D eigenvalue weighted by Gasteiger charge is 2.16. The Balaban J connectivity index is 2.13. The maximum absolute atomic E-state index is 12.4. The van der Waals surface area contributed by atoms with E-state index in [2.05, 4.69) is 15.6 Å². The predicted molar refractivity (Wildman–Crippen MR) is 92.9 cm³/mol. The number of nitrogens with one attached hydrogen (secondary N) is 2. The van der Waals surface area contributed by atoms with Crippen LogP contribution in [0.25, 0.3) is 0 Å². The fraction of sp³-hybridized carbons (Fsp3) is 0.312. The van der Waals surface area contributed by atoms with Gasteiger partial charge < -0.3 is 15.5 Å². The van der Waals surface area contributed by atoms with Gasteiger partial charge in [-0.05, 0) is 39.2 Å². The molecule has 0 unspecified atom stereocenters. The number of anilines is 2. The van der Waals surface area contributed by atoms with Crippen LogP contribution in [0.2, 0.25) is 0 Å². The van der Waals surface area contributed by atoms with Crippen LogP contribution >= 0.6 is 11.3 Å². The van der Waals surface area contributed by atoms with Gasteiger partial charge in [0.15, 0.2) is 0 Å². The largest absolute Gasteiger partial charge is 0.326 e. The third kappa shape index (κ3) is 4.87. The molecule has 0 atom stereocenters. The first kappa shape index (κ1) is 17.1. The van der Waals surface area contributed by atoms with Gasteiger partial charge in [-0.25, -0.2) is 4.98 Å². The van der Waals surface area contributed by atoms with Crippen LogP contribution in [0.1, 0.15) is 27.3 Å². The molecule has 1 heterocycles. The van der Waals surface area contributed by atoms with Crippen LogP contribution < -0.4 is 10.6 Å². The lowest BCUT2D eigenvalue weighted by Gasteiger charge is -2.07. The van der Waals surface area contributed by atoms with Gasteiger partial charge in [0.25, 0.3) is 5.91 Å². The number of carbonyl (C=O) groups excluding carboxylic acids is 2. The molecule has 2 amide bonds. The summed E-state index contributed by atoms with van der Waals surface area (Å²) in [7, 11) is 3.92. The first-order chi connectivity index (χ1) is 10.8. The first-order valence-corrected chi connectivity index (χ1v) is 7.97. The second kappa shape index (κ2) is 7.34. The standard InChI is InChI=1S/C16H20N4O2S/c1-10-15(23-14(17-10)9-20(3)4)16(22)19-13-7-5-6-12(8-13)18-11(2)21/h5-8H,9H2,1-4H3,(H,18,21)(H,19,22). The molecule has 0 radical (unpaired) electrons. The smallest absolute Gasteiger partial charge is 0.267 e. The summed E-state index contributed by atoms with van der Waals surface area (Å²) < 4.78 is 0. The Morgan fingerprint density at radius 3 is 2.48 bits per heavy atom. The Hall–Kier alpha value is -2.25. The van der Waals surface area contributed by atoms with Crippen LogP contribution in [0.5, 0.6) is 0 Å². The Morgan fingerprint density at radius 1 is 1.22 bits per heavy atom. The van der Waals surface area contributed by atoms with Crippen molar-refractivity contribution in [1.29, 1.82) is 0 Å². The van der Waals surface area contributed by atoms with Gasteiger partial charge in [-0.15, -0.1) is 11.3 Å². The number of hydrogen-bond donors (Lipinski definition) is 2. The van der Waals surface area contributed by atoms with E-state index in [0.29, 0.717) is 22.8 Å². The zero-order chi connectivity index (χ0) is 17.0. The number of nitrogens with zero attached hydrogens (tertiary/aromatic N) is 2. The average Bonchev–Trinajstić information content (AvgIpc) is 2.78. The number of aromatic nitrogens is 1. The molecule has 0 saturated carbocycles. The highest BCUT2D eigenvalue weighted by atomic mass is 32.1. The van der Waals surface area contributed by atoms with E-state index in [1.54, 1.807) is 24.3 Å². The second-order valence-corrected chi connectivity index (χ2v) is 6.56. The van der Waals surface area contributed by atoms with Gasteiger partial charge in [-0.3, -0.25) is 9.59 Å². The number of amides is 2. The molecule has 7 heteroatoms. The van der Waals surface area contributed by atoms with Crippen LogP contribution in [0.3, 0.4) is 0 Å². The van der Waals surface area contributed by atoms with E-state index >= 15 is 0 Å². The van der Waals surface area contributed by atoms with Crippen LogP contribution in [0.15, 0.2) is 24.3 Å². The number of thiazole rings is 1. The van der Waals surface area contributed by atoms with E-state index in [4.69, 9.17) is 0 Å². The molecule has 1 aromatic heterocycles. The predicted octanol–water partition coefficient (Wildman–Crippen LogP) is 2.72. The molecule has 2 aromatic rings. The maximum Gasteiger partial charge on any atom is 0.267 e. The number of rotatable bonds is 5. The Kier molecular flexibility index (Phi) is 5.46. The van der Waals surface area contributed by atoms with Crippen LogP contribution in [0.4, 0.5) is 11.4 Å². The molecule has 0 saturated heterocycles. The summed E-state index contributed by atoms with van der Waals surface area (Å²) >= 11 is 1.40. The lowest BCUT2D eigenvalue weighted by Crippen LogP contribution is -2.12. The Morgan fingerprint density at radius 2 is 1.87 bits per heavy atom. The summed E-state index contributed by atoms with van der Waals surface area (Å²) in [5.41, 5.74) is 2.00. The first-order valence-electron chi connectivity index (χ1n) is 7.15.